The summed E-state index contributed by atoms with van der Waals surface area (Å²) in [4.78, 5) is 28.0. The fourth-order valence-corrected chi connectivity index (χ4v) is 3.68. The summed E-state index contributed by atoms with van der Waals surface area (Å²) in [7, 11) is 0. The topological polar surface area (TPSA) is 70.1 Å². The van der Waals surface area contributed by atoms with Gasteiger partial charge in [-0.05, 0) is 36.6 Å². The minimum Gasteiger partial charge on any atom is -0.491 e. The summed E-state index contributed by atoms with van der Waals surface area (Å²) in [5.41, 5.74) is 0.219. The molecule has 1 aliphatic heterocycles. The highest BCUT2D eigenvalue weighted by atomic mass is 16.5. The van der Waals surface area contributed by atoms with Gasteiger partial charge in [0.25, 0.3) is 0 Å². The number of ether oxygens (including phenoxy) is 1. The zero-order chi connectivity index (χ0) is 21.4. The Morgan fingerprint density at radius 3 is 2.38 bits per heavy atom. The summed E-state index contributed by atoms with van der Waals surface area (Å²) in [6, 6.07) is 6.54. The molecule has 0 aromatic heterocycles. The second-order valence-electron chi connectivity index (χ2n) is 7.86. The number of benzene rings is 1. The van der Waals surface area contributed by atoms with Gasteiger partial charge in [0.15, 0.2) is 0 Å². The van der Waals surface area contributed by atoms with Gasteiger partial charge in [0.05, 0.1) is 11.6 Å². The molecule has 1 N–H and O–H groups in total. The molecule has 1 aromatic rings. The van der Waals surface area contributed by atoms with Crippen molar-refractivity contribution in [3.8, 4) is 5.75 Å². The van der Waals surface area contributed by atoms with Crippen LogP contribution in [0.5, 0.6) is 5.75 Å². The predicted molar refractivity (Wildman–Crippen MR) is 114 cm³/mol. The Morgan fingerprint density at radius 1 is 1.24 bits per heavy atom. The van der Waals surface area contributed by atoms with Gasteiger partial charge in [-0.3, -0.25) is 9.69 Å². The van der Waals surface area contributed by atoms with Gasteiger partial charge in [0.1, 0.15) is 12.4 Å². The quantitative estimate of drug-likeness (QED) is 0.576. The maximum atomic E-state index is 12.8. The van der Waals surface area contributed by atoms with E-state index < -0.39 is 5.97 Å². The predicted octanol–water partition coefficient (Wildman–Crippen LogP) is 3.45. The van der Waals surface area contributed by atoms with Crippen molar-refractivity contribution in [2.45, 2.75) is 38.8 Å². The molecule has 1 aliphatic rings. The Labute approximate surface area is 173 Å². The van der Waals surface area contributed by atoms with Crippen LogP contribution in [0.2, 0.25) is 0 Å². The first-order valence-corrected chi connectivity index (χ1v) is 10.1. The van der Waals surface area contributed by atoms with Crippen molar-refractivity contribution in [1.29, 1.82) is 0 Å². The molecule has 0 spiro atoms. The van der Waals surface area contributed by atoms with Crippen LogP contribution in [0, 0.1) is 5.92 Å². The molecule has 158 valence electrons. The smallest absolute Gasteiger partial charge is 0.335 e. The maximum absolute atomic E-state index is 12.8. The summed E-state index contributed by atoms with van der Waals surface area (Å²) in [5, 5.41) is 9.01. The molecule has 6 nitrogen and oxygen atoms in total. The molecule has 0 saturated carbocycles. The van der Waals surface area contributed by atoms with Gasteiger partial charge in [0.2, 0.25) is 5.91 Å². The minimum absolute atomic E-state index is 0.0254. The van der Waals surface area contributed by atoms with E-state index in [9.17, 15) is 9.59 Å². The summed E-state index contributed by atoms with van der Waals surface area (Å²) < 4.78 is 5.91. The number of rotatable bonds is 11. The van der Waals surface area contributed by atoms with Crippen molar-refractivity contribution in [1.82, 2.24) is 9.80 Å². The SMILES string of the molecule is C=CCN(CC=C)C1CC(COc2ccc(C(=O)O)cc2)N(C(=O)CC(C)C)C1. The zero-order valence-electron chi connectivity index (χ0n) is 17.4. The van der Waals surface area contributed by atoms with E-state index in [1.807, 2.05) is 30.9 Å². The van der Waals surface area contributed by atoms with Crippen molar-refractivity contribution in [3.63, 3.8) is 0 Å². The molecule has 6 heteroatoms. The van der Waals surface area contributed by atoms with E-state index in [-0.39, 0.29) is 23.6 Å². The van der Waals surface area contributed by atoms with Gasteiger partial charge in [0, 0.05) is 32.1 Å². The van der Waals surface area contributed by atoms with Crippen molar-refractivity contribution < 1.29 is 19.4 Å². The summed E-state index contributed by atoms with van der Waals surface area (Å²) in [5.74, 6) is 0.0764. The number of amides is 1. The number of carbonyl (C=O) groups is 2. The van der Waals surface area contributed by atoms with Crippen LogP contribution in [0.25, 0.3) is 0 Å². The monoisotopic (exact) mass is 400 g/mol. The number of carbonyl (C=O) groups excluding carboxylic acids is 1. The highest BCUT2D eigenvalue weighted by molar-refractivity contribution is 5.87. The van der Waals surface area contributed by atoms with E-state index in [4.69, 9.17) is 9.84 Å². The van der Waals surface area contributed by atoms with Crippen molar-refractivity contribution in [2.75, 3.05) is 26.2 Å². The van der Waals surface area contributed by atoms with Gasteiger partial charge < -0.3 is 14.7 Å². The average Bonchev–Trinajstić information content (AvgIpc) is 3.10. The van der Waals surface area contributed by atoms with Crippen molar-refractivity contribution in [3.05, 3.63) is 55.1 Å². The zero-order valence-corrected chi connectivity index (χ0v) is 17.4. The molecule has 0 aliphatic carbocycles. The van der Waals surface area contributed by atoms with Crippen LogP contribution in [0.1, 0.15) is 37.0 Å². The molecular weight excluding hydrogens is 368 g/mol. The van der Waals surface area contributed by atoms with E-state index in [2.05, 4.69) is 18.1 Å². The number of likely N-dealkylation sites (tertiary alicyclic amines) is 1. The van der Waals surface area contributed by atoms with Crippen LogP contribution in [0.3, 0.4) is 0 Å². The van der Waals surface area contributed by atoms with Gasteiger partial charge in [-0.15, -0.1) is 13.2 Å². The van der Waals surface area contributed by atoms with Gasteiger partial charge >= 0.3 is 5.97 Å². The molecule has 0 radical (unpaired) electrons. The molecule has 1 fully saturated rings. The third kappa shape index (κ3) is 6.46. The van der Waals surface area contributed by atoms with E-state index in [0.717, 1.165) is 19.5 Å². The molecule has 2 unspecified atom stereocenters. The highest BCUT2D eigenvalue weighted by Gasteiger charge is 2.37. The van der Waals surface area contributed by atoms with E-state index >= 15 is 0 Å². The Bertz CT molecular complexity index is 704. The fourth-order valence-electron chi connectivity index (χ4n) is 3.68. The molecule has 0 bridgehead atoms. The normalized spacial score (nSPS) is 18.8. The van der Waals surface area contributed by atoms with E-state index in [0.29, 0.717) is 31.2 Å². The standard InChI is InChI=1S/C23H32N2O4/c1-5-11-24(12-6-2)19-14-20(25(15-19)22(26)13-17(3)4)16-29-21-9-7-18(8-10-21)23(27)28/h5-10,17,19-20H,1-2,11-16H2,3-4H3,(H,27,28). The molecule has 1 heterocycles. The van der Waals surface area contributed by atoms with Crippen LogP contribution in [-0.4, -0.2) is 65.1 Å². The highest BCUT2D eigenvalue weighted by Crippen LogP contribution is 2.25. The lowest BCUT2D eigenvalue weighted by atomic mass is 10.1. The first-order valence-electron chi connectivity index (χ1n) is 10.1. The largest absolute Gasteiger partial charge is 0.491 e. The Balaban J connectivity index is 2.09. The number of carboxylic acids is 1. The molecule has 2 atom stereocenters. The fraction of sp³-hybridized carbons (Fsp3) is 0.478. The molecule has 1 aromatic carbocycles. The van der Waals surface area contributed by atoms with Gasteiger partial charge in [-0.25, -0.2) is 4.79 Å². The lowest BCUT2D eigenvalue weighted by Crippen LogP contribution is -2.41. The second-order valence-corrected chi connectivity index (χ2v) is 7.86. The van der Waals surface area contributed by atoms with Gasteiger partial charge in [-0.2, -0.15) is 0 Å². The Morgan fingerprint density at radius 2 is 1.86 bits per heavy atom. The van der Waals surface area contributed by atoms with Crippen LogP contribution in [0.15, 0.2) is 49.6 Å². The van der Waals surface area contributed by atoms with Crippen molar-refractivity contribution >= 4 is 11.9 Å². The number of carboxylic acid groups (broad SMARTS) is 1. The van der Waals surface area contributed by atoms with Crippen LogP contribution >= 0.6 is 0 Å². The average molecular weight is 401 g/mol. The molecule has 1 amide bonds. The first kappa shape index (κ1) is 22.7. The van der Waals surface area contributed by atoms with E-state index in [1.54, 1.807) is 12.1 Å². The number of hydrogen-bond donors (Lipinski definition) is 1. The van der Waals surface area contributed by atoms with Crippen LogP contribution in [0.4, 0.5) is 0 Å². The lowest BCUT2D eigenvalue weighted by Gasteiger charge is -2.27. The third-order valence-electron chi connectivity index (χ3n) is 5.08. The Kier molecular flexibility index (Phi) is 8.46. The number of aromatic carboxylic acids is 1. The summed E-state index contributed by atoms with van der Waals surface area (Å²) >= 11 is 0. The summed E-state index contributed by atoms with van der Waals surface area (Å²) in [6.07, 6.45) is 5.08. The van der Waals surface area contributed by atoms with Crippen LogP contribution in [-0.2, 0) is 4.79 Å². The van der Waals surface area contributed by atoms with Crippen LogP contribution < -0.4 is 4.74 Å². The maximum Gasteiger partial charge on any atom is 0.335 e. The second kappa shape index (κ2) is 10.8. The number of hydrogen-bond acceptors (Lipinski definition) is 4. The van der Waals surface area contributed by atoms with E-state index in [1.165, 1.54) is 12.1 Å². The molecule has 29 heavy (non-hydrogen) atoms. The molecule has 2 rings (SSSR count). The molecular formula is C23H32N2O4. The number of nitrogens with zero attached hydrogens (tertiary/aromatic N) is 2. The Hall–Kier alpha value is -2.60. The lowest BCUT2D eigenvalue weighted by molar-refractivity contribution is -0.133. The third-order valence-corrected chi connectivity index (χ3v) is 5.08. The first-order chi connectivity index (χ1) is 13.8. The van der Waals surface area contributed by atoms with Gasteiger partial charge in [-0.1, -0.05) is 26.0 Å². The van der Waals surface area contributed by atoms with Crippen molar-refractivity contribution in [2.24, 2.45) is 5.92 Å². The minimum atomic E-state index is -0.967. The summed E-state index contributed by atoms with van der Waals surface area (Å²) in [6.45, 7) is 14.3. The molecule has 1 saturated heterocycles.